The van der Waals surface area contributed by atoms with Gasteiger partial charge in [-0.05, 0) is 23.8 Å². The van der Waals surface area contributed by atoms with Crippen LogP contribution in [0.25, 0.3) is 0 Å². The average Bonchev–Trinajstić information content (AvgIpc) is 2.92. The summed E-state index contributed by atoms with van der Waals surface area (Å²) in [6.45, 7) is 0. The molecular formula is C15H13N3O3. The van der Waals surface area contributed by atoms with Crippen LogP contribution in [0.3, 0.4) is 0 Å². The highest BCUT2D eigenvalue weighted by Gasteiger charge is 2.26. The zero-order chi connectivity index (χ0) is 14.8. The zero-order valence-corrected chi connectivity index (χ0v) is 11.0. The lowest BCUT2D eigenvalue weighted by atomic mass is 10.1. The molecule has 3 rings (SSSR count). The average molecular weight is 283 g/mol. The van der Waals surface area contributed by atoms with E-state index in [0.717, 1.165) is 11.3 Å². The Labute approximate surface area is 120 Å². The summed E-state index contributed by atoms with van der Waals surface area (Å²) < 4.78 is 0. The minimum Gasteiger partial charge on any atom is -0.477 e. The first kappa shape index (κ1) is 13.1. The van der Waals surface area contributed by atoms with Crippen molar-refractivity contribution in [3.63, 3.8) is 0 Å². The number of benzene rings is 1. The Kier molecular flexibility index (Phi) is 3.27. The molecule has 3 N–H and O–H groups in total. The summed E-state index contributed by atoms with van der Waals surface area (Å²) in [6, 6.07) is 10.3. The molecule has 1 aliphatic rings. The van der Waals surface area contributed by atoms with E-state index in [0.29, 0.717) is 12.1 Å². The van der Waals surface area contributed by atoms with Gasteiger partial charge in [-0.3, -0.25) is 4.79 Å². The van der Waals surface area contributed by atoms with E-state index in [2.05, 4.69) is 15.6 Å². The number of para-hydroxylation sites is 1. The summed E-state index contributed by atoms with van der Waals surface area (Å²) >= 11 is 0. The van der Waals surface area contributed by atoms with Crippen LogP contribution in [0.15, 0.2) is 42.6 Å². The molecule has 106 valence electrons. The molecule has 1 aromatic carbocycles. The number of anilines is 2. The number of aromatic nitrogens is 1. The summed E-state index contributed by atoms with van der Waals surface area (Å²) in [5.74, 6) is -1.27. The van der Waals surface area contributed by atoms with E-state index in [4.69, 9.17) is 5.11 Å². The number of pyridine rings is 1. The van der Waals surface area contributed by atoms with Gasteiger partial charge in [0.25, 0.3) is 0 Å². The van der Waals surface area contributed by atoms with Gasteiger partial charge < -0.3 is 15.7 Å². The normalized spacial score (nSPS) is 15.9. The number of carboxylic acid groups (broad SMARTS) is 1. The summed E-state index contributed by atoms with van der Waals surface area (Å²) in [7, 11) is 0. The first-order valence-corrected chi connectivity index (χ1v) is 6.48. The number of rotatable bonds is 3. The maximum Gasteiger partial charge on any atom is 0.354 e. The summed E-state index contributed by atoms with van der Waals surface area (Å²) in [5, 5.41) is 14.7. The van der Waals surface area contributed by atoms with Crippen LogP contribution in [0.1, 0.15) is 16.1 Å². The van der Waals surface area contributed by atoms with E-state index < -0.39 is 5.97 Å². The lowest BCUT2D eigenvalue weighted by Crippen LogP contribution is -2.32. The lowest BCUT2D eigenvalue weighted by Gasteiger charge is -2.11. The van der Waals surface area contributed by atoms with E-state index in [9.17, 15) is 9.59 Å². The Hall–Kier alpha value is -2.89. The maximum atomic E-state index is 12.2. The van der Waals surface area contributed by atoms with Crippen LogP contribution in [0.2, 0.25) is 0 Å². The van der Waals surface area contributed by atoms with Gasteiger partial charge in [-0.2, -0.15) is 0 Å². The fraction of sp³-hybridized carbons (Fsp3) is 0.133. The fourth-order valence-electron chi connectivity index (χ4n) is 2.28. The molecule has 1 atom stereocenters. The summed E-state index contributed by atoms with van der Waals surface area (Å²) in [6.07, 6.45) is 1.96. The minimum absolute atomic E-state index is 0.0561. The molecule has 0 saturated heterocycles. The van der Waals surface area contributed by atoms with Crippen molar-refractivity contribution >= 4 is 23.3 Å². The Morgan fingerprint density at radius 1 is 1.24 bits per heavy atom. The second-order valence-corrected chi connectivity index (χ2v) is 4.78. The number of aromatic carboxylic acids is 1. The molecule has 1 aromatic heterocycles. The highest BCUT2D eigenvalue weighted by molar-refractivity contribution is 5.98. The molecule has 0 bridgehead atoms. The van der Waals surface area contributed by atoms with E-state index in [-0.39, 0.29) is 17.6 Å². The number of carbonyl (C=O) groups excluding carboxylic acids is 1. The quantitative estimate of drug-likeness (QED) is 0.798. The predicted octanol–water partition coefficient (Wildman–Crippen LogP) is 1.76. The standard InChI is InChI=1S/C15H13N3O3/c19-14(13-7-9-3-1-2-4-11(9)18-13)17-10-5-6-12(15(20)21)16-8-10/h1-6,8,13,18H,7H2,(H,17,19)(H,20,21)/t13-/m0/s1. The van der Waals surface area contributed by atoms with E-state index in [1.807, 2.05) is 24.3 Å². The van der Waals surface area contributed by atoms with Crippen LogP contribution >= 0.6 is 0 Å². The van der Waals surface area contributed by atoms with Crippen molar-refractivity contribution in [2.75, 3.05) is 10.6 Å². The van der Waals surface area contributed by atoms with E-state index in [1.54, 1.807) is 0 Å². The molecule has 6 heteroatoms. The molecular weight excluding hydrogens is 270 g/mol. The molecule has 0 fully saturated rings. The molecule has 1 aliphatic heterocycles. The molecule has 21 heavy (non-hydrogen) atoms. The van der Waals surface area contributed by atoms with Crippen molar-refractivity contribution in [1.82, 2.24) is 4.98 Å². The highest BCUT2D eigenvalue weighted by atomic mass is 16.4. The van der Waals surface area contributed by atoms with Gasteiger partial charge in [0, 0.05) is 12.1 Å². The van der Waals surface area contributed by atoms with Gasteiger partial charge in [0.2, 0.25) is 5.91 Å². The van der Waals surface area contributed by atoms with E-state index >= 15 is 0 Å². The number of fused-ring (bicyclic) bond motifs is 1. The van der Waals surface area contributed by atoms with Gasteiger partial charge in [-0.25, -0.2) is 9.78 Å². The molecule has 0 aliphatic carbocycles. The molecule has 2 aromatic rings. The zero-order valence-electron chi connectivity index (χ0n) is 11.0. The smallest absolute Gasteiger partial charge is 0.354 e. The number of nitrogens with one attached hydrogen (secondary N) is 2. The molecule has 1 amide bonds. The van der Waals surface area contributed by atoms with Crippen molar-refractivity contribution in [1.29, 1.82) is 0 Å². The number of amides is 1. The van der Waals surface area contributed by atoms with Crippen LogP contribution in [0.4, 0.5) is 11.4 Å². The van der Waals surface area contributed by atoms with Gasteiger partial charge >= 0.3 is 5.97 Å². The topological polar surface area (TPSA) is 91.3 Å². The van der Waals surface area contributed by atoms with Crippen LogP contribution in [-0.2, 0) is 11.2 Å². The number of nitrogens with zero attached hydrogens (tertiary/aromatic N) is 1. The van der Waals surface area contributed by atoms with Crippen molar-refractivity contribution < 1.29 is 14.7 Å². The largest absolute Gasteiger partial charge is 0.477 e. The second-order valence-electron chi connectivity index (χ2n) is 4.78. The third kappa shape index (κ3) is 2.69. The van der Waals surface area contributed by atoms with Crippen molar-refractivity contribution in [2.45, 2.75) is 12.5 Å². The monoisotopic (exact) mass is 283 g/mol. The molecule has 6 nitrogen and oxygen atoms in total. The number of hydrogen-bond acceptors (Lipinski definition) is 4. The molecule has 0 spiro atoms. The Bertz CT molecular complexity index is 673. The third-order valence-corrected chi connectivity index (χ3v) is 3.34. The van der Waals surface area contributed by atoms with E-state index in [1.165, 1.54) is 18.3 Å². The van der Waals surface area contributed by atoms with Crippen LogP contribution < -0.4 is 10.6 Å². The SMILES string of the molecule is O=C(O)c1ccc(NC(=O)[C@@H]2Cc3ccccc3N2)cn1. The predicted molar refractivity (Wildman–Crippen MR) is 77.4 cm³/mol. The summed E-state index contributed by atoms with van der Waals surface area (Å²) in [5.41, 5.74) is 2.50. The van der Waals surface area contributed by atoms with Crippen molar-refractivity contribution in [2.24, 2.45) is 0 Å². The fourth-order valence-corrected chi connectivity index (χ4v) is 2.28. The number of carboxylic acids is 1. The van der Waals surface area contributed by atoms with Gasteiger partial charge in [-0.1, -0.05) is 18.2 Å². The second kappa shape index (κ2) is 5.24. The molecule has 2 heterocycles. The molecule has 0 saturated carbocycles. The number of hydrogen-bond donors (Lipinski definition) is 3. The van der Waals surface area contributed by atoms with Gasteiger partial charge in [0.1, 0.15) is 11.7 Å². The van der Waals surface area contributed by atoms with Crippen LogP contribution in [0.5, 0.6) is 0 Å². The maximum absolute atomic E-state index is 12.2. The third-order valence-electron chi connectivity index (χ3n) is 3.34. The molecule has 0 radical (unpaired) electrons. The molecule has 0 unspecified atom stereocenters. The number of carbonyl (C=O) groups is 2. The first-order valence-electron chi connectivity index (χ1n) is 6.48. The Balaban J connectivity index is 1.66. The Morgan fingerprint density at radius 2 is 2.05 bits per heavy atom. The van der Waals surface area contributed by atoms with Gasteiger partial charge in [-0.15, -0.1) is 0 Å². The minimum atomic E-state index is -1.10. The highest BCUT2D eigenvalue weighted by Crippen LogP contribution is 2.25. The van der Waals surface area contributed by atoms with Gasteiger partial charge in [0.15, 0.2) is 0 Å². The first-order chi connectivity index (χ1) is 10.1. The summed E-state index contributed by atoms with van der Waals surface area (Å²) in [4.78, 5) is 26.7. The Morgan fingerprint density at radius 3 is 2.71 bits per heavy atom. The van der Waals surface area contributed by atoms with Crippen molar-refractivity contribution in [3.05, 3.63) is 53.9 Å². The van der Waals surface area contributed by atoms with Gasteiger partial charge in [0.05, 0.1) is 11.9 Å². The van der Waals surface area contributed by atoms with Crippen molar-refractivity contribution in [3.8, 4) is 0 Å². The van der Waals surface area contributed by atoms with Crippen LogP contribution in [0, 0.1) is 0 Å². The lowest BCUT2D eigenvalue weighted by molar-refractivity contribution is -0.116. The van der Waals surface area contributed by atoms with Crippen LogP contribution in [-0.4, -0.2) is 28.0 Å².